The molecule has 0 saturated carbocycles. The van der Waals surface area contributed by atoms with Gasteiger partial charge in [0.05, 0.1) is 6.54 Å². The second kappa shape index (κ2) is 5.47. The normalized spacial score (nSPS) is 14.4. The third kappa shape index (κ3) is 2.50. The molecule has 1 aliphatic rings. The highest BCUT2D eigenvalue weighted by Crippen LogP contribution is 2.16. The average Bonchev–Trinajstić information content (AvgIpc) is 3.10. The lowest BCUT2D eigenvalue weighted by molar-refractivity contribution is -0.391. The number of anilines is 1. The number of amides is 1. The summed E-state index contributed by atoms with van der Waals surface area (Å²) in [7, 11) is 1.80. The van der Waals surface area contributed by atoms with Crippen molar-refractivity contribution in [2.45, 2.75) is 0 Å². The van der Waals surface area contributed by atoms with Crippen molar-refractivity contribution in [3.8, 4) is 0 Å². The van der Waals surface area contributed by atoms with Gasteiger partial charge in [0.25, 0.3) is 0 Å². The van der Waals surface area contributed by atoms with Gasteiger partial charge in [-0.15, -0.1) is 0 Å². The number of ether oxygens (including phenoxy) is 1. The predicted octanol–water partition coefficient (Wildman–Crippen LogP) is 0.526. The highest BCUT2D eigenvalue weighted by atomic mass is 16.6. The van der Waals surface area contributed by atoms with Gasteiger partial charge in [-0.2, -0.15) is 0 Å². The summed E-state index contributed by atoms with van der Waals surface area (Å²) < 4.78 is 6.05. The second-order valence-electron chi connectivity index (χ2n) is 4.86. The van der Waals surface area contributed by atoms with Gasteiger partial charge in [-0.3, -0.25) is 0 Å². The fraction of sp³-hybridized carbons (Fsp3) is 0.417. The number of cyclic esters (lactones) is 1. The van der Waals surface area contributed by atoms with E-state index in [0.717, 1.165) is 0 Å². The molecular formula is C12H14N6O4. The molecule has 1 amide bonds. The highest BCUT2D eigenvalue weighted by Gasteiger charge is 2.22. The number of nitrogens with zero attached hydrogens (tertiary/aromatic N) is 6. The largest absolute Gasteiger partial charge is 0.448 e. The van der Waals surface area contributed by atoms with E-state index in [4.69, 9.17) is 4.74 Å². The topological polar surface area (TPSA) is 106 Å². The lowest BCUT2D eigenvalue weighted by Crippen LogP contribution is -2.34. The van der Waals surface area contributed by atoms with Gasteiger partial charge in [0, 0.05) is 26.2 Å². The molecule has 0 unspecified atom stereocenters. The Morgan fingerprint density at radius 3 is 3.00 bits per heavy atom. The Hall–Kier alpha value is -2.91. The van der Waals surface area contributed by atoms with Crippen molar-refractivity contribution in [1.82, 2.24) is 19.5 Å². The summed E-state index contributed by atoms with van der Waals surface area (Å²) in [4.78, 5) is 29.1. The maximum Gasteiger partial charge on any atom is 0.409 e. The van der Waals surface area contributed by atoms with Crippen LogP contribution in [0.2, 0.25) is 0 Å². The molecule has 0 aromatic carbocycles. The molecule has 2 aromatic rings. The van der Waals surface area contributed by atoms with Crippen LogP contribution in [0.1, 0.15) is 0 Å². The van der Waals surface area contributed by atoms with E-state index >= 15 is 0 Å². The molecular weight excluding hydrogens is 292 g/mol. The molecule has 1 aliphatic heterocycles. The SMILES string of the molecule is CN(CCN1CCOC1=O)c1ccc2ncc([N+](=O)[O-])n2n1. The number of fused-ring (bicyclic) bond motifs is 1. The van der Waals surface area contributed by atoms with Gasteiger partial charge in [0.2, 0.25) is 5.65 Å². The van der Waals surface area contributed by atoms with Crippen molar-refractivity contribution in [3.63, 3.8) is 0 Å². The van der Waals surface area contributed by atoms with Gasteiger partial charge in [-0.25, -0.2) is 9.78 Å². The third-order valence-corrected chi connectivity index (χ3v) is 3.46. The third-order valence-electron chi connectivity index (χ3n) is 3.46. The number of likely N-dealkylation sites (N-methyl/N-ethyl adjacent to an activating group) is 1. The van der Waals surface area contributed by atoms with Gasteiger partial charge in [0.15, 0.2) is 5.82 Å². The Kier molecular flexibility index (Phi) is 3.49. The quantitative estimate of drug-likeness (QED) is 0.585. The van der Waals surface area contributed by atoms with Crippen LogP contribution >= 0.6 is 0 Å². The van der Waals surface area contributed by atoms with Crippen molar-refractivity contribution in [2.75, 3.05) is 38.2 Å². The van der Waals surface area contributed by atoms with Gasteiger partial charge in [-0.05, 0) is 11.0 Å². The van der Waals surface area contributed by atoms with E-state index in [9.17, 15) is 14.9 Å². The molecule has 0 bridgehead atoms. The maximum atomic E-state index is 11.4. The molecule has 0 spiro atoms. The Morgan fingerprint density at radius 1 is 1.50 bits per heavy atom. The molecule has 1 fully saturated rings. The molecule has 116 valence electrons. The second-order valence-corrected chi connectivity index (χ2v) is 4.86. The van der Waals surface area contributed by atoms with E-state index in [1.165, 1.54) is 10.7 Å². The van der Waals surface area contributed by atoms with Crippen molar-refractivity contribution >= 4 is 23.4 Å². The summed E-state index contributed by atoms with van der Waals surface area (Å²) in [5.74, 6) is 0.370. The highest BCUT2D eigenvalue weighted by molar-refractivity contribution is 5.69. The van der Waals surface area contributed by atoms with Crippen LogP contribution in [0.4, 0.5) is 16.4 Å². The molecule has 3 heterocycles. The van der Waals surface area contributed by atoms with E-state index < -0.39 is 4.92 Å². The summed E-state index contributed by atoms with van der Waals surface area (Å²) >= 11 is 0. The molecule has 10 nitrogen and oxygen atoms in total. The van der Waals surface area contributed by atoms with Crippen LogP contribution in [-0.4, -0.2) is 63.8 Å². The minimum Gasteiger partial charge on any atom is -0.448 e. The number of hydrogen-bond donors (Lipinski definition) is 0. The zero-order valence-corrected chi connectivity index (χ0v) is 11.9. The number of carbonyl (C=O) groups excluding carboxylic acids is 1. The van der Waals surface area contributed by atoms with E-state index in [1.54, 1.807) is 24.1 Å². The Labute approximate surface area is 125 Å². The monoisotopic (exact) mass is 306 g/mol. The Morgan fingerprint density at radius 2 is 2.32 bits per heavy atom. The van der Waals surface area contributed by atoms with Crippen LogP contribution in [0, 0.1) is 10.1 Å². The molecule has 10 heteroatoms. The van der Waals surface area contributed by atoms with E-state index in [2.05, 4.69) is 10.1 Å². The number of carbonyl (C=O) groups is 1. The van der Waals surface area contributed by atoms with E-state index in [1.807, 2.05) is 4.90 Å². The Bertz CT molecular complexity index is 729. The minimum atomic E-state index is -0.531. The van der Waals surface area contributed by atoms with Crippen molar-refractivity contribution in [1.29, 1.82) is 0 Å². The first-order valence-electron chi connectivity index (χ1n) is 6.68. The number of rotatable bonds is 5. The smallest absolute Gasteiger partial charge is 0.409 e. The molecule has 0 aliphatic carbocycles. The lowest BCUT2D eigenvalue weighted by atomic mass is 10.4. The van der Waals surface area contributed by atoms with E-state index in [-0.39, 0.29) is 11.9 Å². The first-order valence-corrected chi connectivity index (χ1v) is 6.68. The van der Waals surface area contributed by atoms with Crippen LogP contribution in [0.3, 0.4) is 0 Å². The predicted molar refractivity (Wildman–Crippen MR) is 75.8 cm³/mol. The summed E-state index contributed by atoms with van der Waals surface area (Å²) in [6.45, 7) is 2.03. The van der Waals surface area contributed by atoms with E-state index in [0.29, 0.717) is 37.7 Å². The van der Waals surface area contributed by atoms with Gasteiger partial charge >= 0.3 is 11.9 Å². The van der Waals surface area contributed by atoms with Gasteiger partial charge in [0.1, 0.15) is 12.8 Å². The maximum absolute atomic E-state index is 11.4. The van der Waals surface area contributed by atoms with Gasteiger partial charge in [-0.1, -0.05) is 9.61 Å². The number of hydrogen-bond acceptors (Lipinski definition) is 7. The van der Waals surface area contributed by atoms with Crippen molar-refractivity contribution in [2.24, 2.45) is 0 Å². The first-order chi connectivity index (χ1) is 10.6. The fourth-order valence-electron chi connectivity index (χ4n) is 2.19. The Balaban J connectivity index is 1.75. The van der Waals surface area contributed by atoms with Gasteiger partial charge < -0.3 is 24.7 Å². The average molecular weight is 306 g/mol. The van der Waals surface area contributed by atoms with Crippen LogP contribution in [0.15, 0.2) is 18.3 Å². The fourth-order valence-corrected chi connectivity index (χ4v) is 2.19. The summed E-state index contributed by atoms with van der Waals surface area (Å²) in [5, 5.41) is 15.2. The minimum absolute atomic E-state index is 0.187. The summed E-state index contributed by atoms with van der Waals surface area (Å²) in [5.41, 5.74) is 0.409. The molecule has 3 rings (SSSR count). The zero-order valence-electron chi connectivity index (χ0n) is 11.9. The number of imidazole rings is 1. The van der Waals surface area contributed by atoms with Crippen molar-refractivity contribution < 1.29 is 14.5 Å². The molecule has 22 heavy (non-hydrogen) atoms. The van der Waals surface area contributed by atoms with Crippen LogP contribution < -0.4 is 4.90 Å². The summed E-state index contributed by atoms with van der Waals surface area (Å²) in [6, 6.07) is 3.39. The van der Waals surface area contributed by atoms with Crippen LogP contribution in [0.25, 0.3) is 5.65 Å². The lowest BCUT2D eigenvalue weighted by Gasteiger charge is -2.20. The summed E-state index contributed by atoms with van der Waals surface area (Å²) in [6.07, 6.45) is 0.855. The standard InChI is InChI=1S/C12H14N6O4/c1-15(4-5-16-6-7-22-12(16)19)10-3-2-9-13-8-11(18(20)21)17(9)14-10/h2-3,8H,4-7H2,1H3. The first kappa shape index (κ1) is 14.0. The number of nitro groups is 1. The van der Waals surface area contributed by atoms with Crippen LogP contribution in [0.5, 0.6) is 0 Å². The van der Waals surface area contributed by atoms with Crippen molar-refractivity contribution in [3.05, 3.63) is 28.4 Å². The molecule has 0 atom stereocenters. The number of aromatic nitrogens is 3. The zero-order chi connectivity index (χ0) is 15.7. The molecule has 0 N–H and O–H groups in total. The molecule has 1 saturated heterocycles. The molecule has 0 radical (unpaired) electrons. The molecule has 2 aromatic heterocycles. The van der Waals surface area contributed by atoms with Crippen LogP contribution in [-0.2, 0) is 4.74 Å².